The average Bonchev–Trinajstić information content (AvgIpc) is 3.02. The van der Waals surface area contributed by atoms with Crippen molar-refractivity contribution < 1.29 is 13.2 Å². The molecule has 1 aromatic carbocycles. The number of nitrogens with zero attached hydrogens (tertiary/aromatic N) is 1. The van der Waals surface area contributed by atoms with Gasteiger partial charge in [0.25, 0.3) is 10.0 Å². The van der Waals surface area contributed by atoms with E-state index in [2.05, 4.69) is 0 Å². The summed E-state index contributed by atoms with van der Waals surface area (Å²) in [5.41, 5.74) is 0.897. The Morgan fingerprint density at radius 1 is 1.29 bits per heavy atom. The average molecular weight is 344 g/mol. The Morgan fingerprint density at radius 2 is 2.14 bits per heavy atom. The van der Waals surface area contributed by atoms with Crippen LogP contribution >= 0.6 is 22.9 Å². The molecule has 112 valence electrons. The molecule has 1 fully saturated rings. The van der Waals surface area contributed by atoms with E-state index in [1.165, 1.54) is 15.6 Å². The SMILES string of the molecule is O=S(=O)(c1cccs1)N1CCOC(c2cccc(Cl)c2)C1. The van der Waals surface area contributed by atoms with Crippen LogP contribution in [0, 0.1) is 0 Å². The topological polar surface area (TPSA) is 46.6 Å². The van der Waals surface area contributed by atoms with Crippen molar-refractivity contribution >= 4 is 33.0 Å². The maximum absolute atomic E-state index is 12.5. The Hall–Kier alpha value is -0.920. The van der Waals surface area contributed by atoms with Gasteiger partial charge in [-0.25, -0.2) is 8.42 Å². The number of hydrogen-bond acceptors (Lipinski definition) is 4. The highest BCUT2D eigenvalue weighted by atomic mass is 35.5. The van der Waals surface area contributed by atoms with Gasteiger partial charge < -0.3 is 4.74 Å². The molecule has 0 radical (unpaired) electrons. The van der Waals surface area contributed by atoms with E-state index in [0.717, 1.165) is 5.56 Å². The third-order valence-electron chi connectivity index (χ3n) is 3.34. The summed E-state index contributed by atoms with van der Waals surface area (Å²) in [4.78, 5) is 0. The molecular weight excluding hydrogens is 330 g/mol. The number of morpholine rings is 1. The summed E-state index contributed by atoms with van der Waals surface area (Å²) >= 11 is 7.22. The summed E-state index contributed by atoms with van der Waals surface area (Å²) in [6.07, 6.45) is -0.285. The van der Waals surface area contributed by atoms with E-state index in [-0.39, 0.29) is 6.10 Å². The summed E-state index contributed by atoms with van der Waals surface area (Å²) < 4.78 is 32.6. The summed E-state index contributed by atoms with van der Waals surface area (Å²) in [6, 6.07) is 10.7. The normalized spacial score (nSPS) is 20.5. The summed E-state index contributed by atoms with van der Waals surface area (Å²) in [5.74, 6) is 0. The van der Waals surface area contributed by atoms with Crippen LogP contribution in [0.5, 0.6) is 0 Å². The first-order chi connectivity index (χ1) is 10.1. The largest absolute Gasteiger partial charge is 0.371 e. The first kappa shape index (κ1) is 15.0. The van der Waals surface area contributed by atoms with Crippen LogP contribution in [0.1, 0.15) is 11.7 Å². The quantitative estimate of drug-likeness (QED) is 0.860. The fourth-order valence-corrected chi connectivity index (χ4v) is 5.06. The molecule has 2 heterocycles. The van der Waals surface area contributed by atoms with E-state index in [1.807, 2.05) is 18.2 Å². The highest BCUT2D eigenvalue weighted by Gasteiger charge is 2.32. The molecule has 1 aliphatic rings. The number of ether oxygens (including phenoxy) is 1. The molecule has 3 rings (SSSR count). The third-order valence-corrected chi connectivity index (χ3v) is 6.81. The summed E-state index contributed by atoms with van der Waals surface area (Å²) in [5, 5.41) is 2.39. The molecule has 21 heavy (non-hydrogen) atoms. The van der Waals surface area contributed by atoms with Crippen molar-refractivity contribution in [2.45, 2.75) is 10.3 Å². The molecule has 1 aliphatic heterocycles. The van der Waals surface area contributed by atoms with Crippen LogP contribution in [0.25, 0.3) is 0 Å². The smallest absolute Gasteiger partial charge is 0.252 e. The molecular formula is C14H14ClNO3S2. The Bertz CT molecular complexity index is 716. The Balaban J connectivity index is 1.83. The van der Waals surface area contributed by atoms with Crippen LogP contribution in [0.2, 0.25) is 5.02 Å². The molecule has 0 aliphatic carbocycles. The van der Waals surface area contributed by atoms with Crippen LogP contribution in [0.3, 0.4) is 0 Å². The number of thiophene rings is 1. The maximum atomic E-state index is 12.5. The van der Waals surface area contributed by atoms with E-state index in [0.29, 0.717) is 28.9 Å². The van der Waals surface area contributed by atoms with Crippen molar-refractivity contribution in [1.82, 2.24) is 4.31 Å². The molecule has 1 unspecified atom stereocenters. The van der Waals surface area contributed by atoms with Gasteiger partial charge in [-0.3, -0.25) is 0 Å². The van der Waals surface area contributed by atoms with Crippen LogP contribution in [-0.4, -0.2) is 32.4 Å². The van der Waals surface area contributed by atoms with Crippen molar-refractivity contribution in [2.24, 2.45) is 0 Å². The predicted octanol–water partition coefficient (Wildman–Crippen LogP) is 3.16. The minimum absolute atomic E-state index is 0.285. The molecule has 0 spiro atoms. The first-order valence-corrected chi connectivity index (χ1v) is 9.18. The second kappa shape index (κ2) is 6.06. The Labute approximate surface area is 133 Å². The molecule has 0 saturated carbocycles. The molecule has 1 atom stereocenters. The minimum atomic E-state index is -3.43. The lowest BCUT2D eigenvalue weighted by Crippen LogP contribution is -2.41. The van der Waals surface area contributed by atoms with Gasteiger partial charge in [-0.1, -0.05) is 29.8 Å². The summed E-state index contributed by atoms with van der Waals surface area (Å²) in [7, 11) is -3.43. The lowest BCUT2D eigenvalue weighted by atomic mass is 10.1. The van der Waals surface area contributed by atoms with Crippen molar-refractivity contribution in [3.63, 3.8) is 0 Å². The molecule has 0 amide bonds. The second-order valence-electron chi connectivity index (χ2n) is 4.71. The van der Waals surface area contributed by atoms with Gasteiger partial charge in [0.1, 0.15) is 4.21 Å². The van der Waals surface area contributed by atoms with Crippen molar-refractivity contribution in [3.8, 4) is 0 Å². The summed E-state index contributed by atoms with van der Waals surface area (Å²) in [6.45, 7) is 1.06. The maximum Gasteiger partial charge on any atom is 0.252 e. The Morgan fingerprint density at radius 3 is 2.86 bits per heavy atom. The molecule has 1 saturated heterocycles. The Kier molecular flexibility index (Phi) is 4.33. The van der Waals surface area contributed by atoms with Crippen LogP contribution in [-0.2, 0) is 14.8 Å². The van der Waals surface area contributed by atoms with E-state index in [1.54, 1.807) is 23.6 Å². The molecule has 4 nitrogen and oxygen atoms in total. The van der Waals surface area contributed by atoms with Crippen molar-refractivity contribution in [2.75, 3.05) is 19.7 Å². The lowest BCUT2D eigenvalue weighted by molar-refractivity contribution is -0.00249. The number of halogens is 1. The van der Waals surface area contributed by atoms with Gasteiger partial charge in [0.2, 0.25) is 0 Å². The third kappa shape index (κ3) is 3.14. The van der Waals surface area contributed by atoms with E-state index in [9.17, 15) is 8.42 Å². The lowest BCUT2D eigenvalue weighted by Gasteiger charge is -2.32. The van der Waals surface area contributed by atoms with E-state index >= 15 is 0 Å². The van der Waals surface area contributed by atoms with Gasteiger partial charge in [0, 0.05) is 18.1 Å². The molecule has 1 aromatic heterocycles. The predicted molar refractivity (Wildman–Crippen MR) is 83.2 cm³/mol. The number of benzene rings is 1. The minimum Gasteiger partial charge on any atom is -0.371 e. The fraction of sp³-hybridized carbons (Fsp3) is 0.286. The van der Waals surface area contributed by atoms with Gasteiger partial charge in [-0.2, -0.15) is 4.31 Å². The van der Waals surface area contributed by atoms with Gasteiger partial charge in [-0.05, 0) is 29.1 Å². The van der Waals surface area contributed by atoms with Crippen molar-refractivity contribution in [3.05, 3.63) is 52.4 Å². The number of sulfonamides is 1. The van der Waals surface area contributed by atoms with Crippen LogP contribution in [0.4, 0.5) is 0 Å². The first-order valence-electron chi connectivity index (χ1n) is 6.48. The van der Waals surface area contributed by atoms with Gasteiger partial charge >= 0.3 is 0 Å². The van der Waals surface area contributed by atoms with E-state index in [4.69, 9.17) is 16.3 Å². The van der Waals surface area contributed by atoms with Gasteiger partial charge in [0.05, 0.1) is 12.7 Å². The fourth-order valence-electron chi connectivity index (χ4n) is 2.29. The zero-order chi connectivity index (χ0) is 14.9. The number of rotatable bonds is 3. The molecule has 0 bridgehead atoms. The monoisotopic (exact) mass is 343 g/mol. The van der Waals surface area contributed by atoms with Crippen LogP contribution < -0.4 is 0 Å². The highest BCUT2D eigenvalue weighted by molar-refractivity contribution is 7.91. The standard InChI is InChI=1S/C14H14ClNO3S2/c15-12-4-1-3-11(9-12)13-10-16(6-7-19-13)21(17,18)14-5-2-8-20-14/h1-5,8-9,13H,6-7,10H2. The number of hydrogen-bond donors (Lipinski definition) is 0. The molecule has 7 heteroatoms. The van der Waals surface area contributed by atoms with Gasteiger partial charge in [0.15, 0.2) is 0 Å². The molecule has 0 N–H and O–H groups in total. The van der Waals surface area contributed by atoms with Crippen LogP contribution in [0.15, 0.2) is 46.0 Å². The van der Waals surface area contributed by atoms with Gasteiger partial charge in [-0.15, -0.1) is 11.3 Å². The zero-order valence-electron chi connectivity index (χ0n) is 11.1. The highest BCUT2D eigenvalue weighted by Crippen LogP contribution is 2.29. The zero-order valence-corrected chi connectivity index (χ0v) is 13.5. The second-order valence-corrected chi connectivity index (χ2v) is 8.26. The molecule has 2 aromatic rings. The van der Waals surface area contributed by atoms with Crippen molar-refractivity contribution in [1.29, 1.82) is 0 Å². The van der Waals surface area contributed by atoms with E-state index < -0.39 is 10.0 Å².